The van der Waals surface area contributed by atoms with Crippen LogP contribution in [0.4, 0.5) is 4.39 Å². The van der Waals surface area contributed by atoms with Gasteiger partial charge < -0.3 is 21.3 Å². The number of piperidine rings is 1. The molecule has 0 aliphatic carbocycles. The van der Waals surface area contributed by atoms with Gasteiger partial charge in [-0.1, -0.05) is 18.2 Å². The molecule has 8 heteroatoms. The molecule has 1 fully saturated rings. The lowest BCUT2D eigenvalue weighted by molar-refractivity contribution is -0.123. The van der Waals surface area contributed by atoms with Crippen molar-refractivity contribution in [2.75, 3.05) is 39.3 Å². The van der Waals surface area contributed by atoms with Crippen LogP contribution in [0.25, 0.3) is 0 Å². The van der Waals surface area contributed by atoms with E-state index in [1.165, 1.54) is 6.07 Å². The first-order valence-electron chi connectivity index (χ1n) is 9.87. The predicted molar refractivity (Wildman–Crippen MR) is 122 cm³/mol. The summed E-state index contributed by atoms with van der Waals surface area (Å²) in [5.41, 5.74) is 6.13. The van der Waals surface area contributed by atoms with Gasteiger partial charge in [0.05, 0.1) is 5.92 Å². The van der Waals surface area contributed by atoms with Gasteiger partial charge in [0, 0.05) is 26.2 Å². The third kappa shape index (κ3) is 8.72. The predicted octanol–water partition coefficient (Wildman–Crippen LogP) is 2.13. The highest BCUT2D eigenvalue weighted by Crippen LogP contribution is 2.15. The molecule has 1 aromatic rings. The zero-order valence-electron chi connectivity index (χ0n) is 16.6. The van der Waals surface area contributed by atoms with Gasteiger partial charge in [-0.15, -0.1) is 24.0 Å². The van der Waals surface area contributed by atoms with Crippen LogP contribution < -0.4 is 16.4 Å². The molecule has 1 heterocycles. The van der Waals surface area contributed by atoms with Crippen LogP contribution in [-0.2, 0) is 11.2 Å². The van der Waals surface area contributed by atoms with Crippen molar-refractivity contribution >= 4 is 35.8 Å². The lowest BCUT2D eigenvalue weighted by Crippen LogP contribution is -2.41. The molecule has 0 spiro atoms. The summed E-state index contributed by atoms with van der Waals surface area (Å²) in [6.45, 7) is 6.83. The smallest absolute Gasteiger partial charge is 0.221 e. The molecule has 0 saturated carbocycles. The first kappa shape index (κ1) is 24.6. The Bertz CT molecular complexity index is 628. The van der Waals surface area contributed by atoms with E-state index in [0.29, 0.717) is 25.1 Å². The maximum absolute atomic E-state index is 13.7. The van der Waals surface area contributed by atoms with Crippen molar-refractivity contribution < 1.29 is 9.18 Å². The van der Waals surface area contributed by atoms with Gasteiger partial charge in [-0.05, 0) is 57.3 Å². The van der Waals surface area contributed by atoms with Crippen molar-refractivity contribution in [3.05, 3.63) is 35.6 Å². The van der Waals surface area contributed by atoms with Crippen molar-refractivity contribution in [1.82, 2.24) is 15.5 Å². The molecule has 6 nitrogen and oxygen atoms in total. The fraction of sp³-hybridized carbons (Fsp3) is 0.600. The number of carbonyl (C=O) groups is 1. The first-order valence-corrected chi connectivity index (χ1v) is 9.87. The molecule has 4 N–H and O–H groups in total. The normalized spacial score (nSPS) is 17.6. The summed E-state index contributed by atoms with van der Waals surface area (Å²) < 4.78 is 13.7. The van der Waals surface area contributed by atoms with Crippen LogP contribution in [0.1, 0.15) is 31.7 Å². The SMILES string of the molecule is CCNC(=NCCCN1CCCC(C(N)=O)C1)NCCc1ccccc1F.I. The second-order valence-corrected chi connectivity index (χ2v) is 6.92. The molecule has 0 aromatic heterocycles. The van der Waals surface area contributed by atoms with Gasteiger partial charge in [-0.25, -0.2) is 4.39 Å². The number of primary amides is 1. The van der Waals surface area contributed by atoms with E-state index in [1.54, 1.807) is 12.1 Å². The number of likely N-dealkylation sites (tertiary alicyclic amines) is 1. The number of rotatable bonds is 9. The molecule has 0 bridgehead atoms. The van der Waals surface area contributed by atoms with Crippen molar-refractivity contribution in [2.24, 2.45) is 16.6 Å². The van der Waals surface area contributed by atoms with Crippen LogP contribution in [0.3, 0.4) is 0 Å². The standard InChI is InChI=1S/C20H32FN5O.HI/c1-2-23-20(25-12-10-16-7-3-4-9-18(16)21)24-11-6-14-26-13-5-8-17(15-26)19(22)27;/h3-4,7,9,17H,2,5-6,8,10-15H2,1H3,(H2,22,27)(H2,23,24,25);1H. The van der Waals surface area contributed by atoms with Crippen molar-refractivity contribution in [3.63, 3.8) is 0 Å². The number of guanidine groups is 1. The molecule has 1 aliphatic rings. The number of carbonyl (C=O) groups excluding carboxylic acids is 1. The fourth-order valence-corrected chi connectivity index (χ4v) is 3.33. The fourth-order valence-electron chi connectivity index (χ4n) is 3.33. The summed E-state index contributed by atoms with van der Waals surface area (Å²) in [4.78, 5) is 18.2. The molecule has 1 aromatic carbocycles. The maximum Gasteiger partial charge on any atom is 0.221 e. The average molecular weight is 505 g/mol. The zero-order valence-corrected chi connectivity index (χ0v) is 19.0. The number of amides is 1. The molecule has 1 unspecified atom stereocenters. The van der Waals surface area contributed by atoms with E-state index in [1.807, 2.05) is 13.0 Å². The number of nitrogens with zero attached hydrogens (tertiary/aromatic N) is 2. The molecular weight excluding hydrogens is 472 g/mol. The number of nitrogens with two attached hydrogens (primary N) is 1. The van der Waals surface area contributed by atoms with Gasteiger partial charge in [-0.2, -0.15) is 0 Å². The van der Waals surface area contributed by atoms with Gasteiger partial charge in [0.25, 0.3) is 0 Å². The Labute approximate surface area is 184 Å². The summed E-state index contributed by atoms with van der Waals surface area (Å²) in [6, 6.07) is 6.84. The third-order valence-corrected chi connectivity index (χ3v) is 4.80. The number of benzene rings is 1. The van der Waals surface area contributed by atoms with E-state index >= 15 is 0 Å². The summed E-state index contributed by atoms with van der Waals surface area (Å²) in [5, 5.41) is 6.47. The highest BCUT2D eigenvalue weighted by molar-refractivity contribution is 14.0. The summed E-state index contributed by atoms with van der Waals surface area (Å²) in [5.74, 6) is 0.380. The minimum absolute atomic E-state index is 0. The average Bonchev–Trinajstić information content (AvgIpc) is 2.67. The van der Waals surface area contributed by atoms with Crippen LogP contribution >= 0.6 is 24.0 Å². The Morgan fingerprint density at radius 2 is 2.14 bits per heavy atom. The molecular formula is C20H33FIN5O. The summed E-state index contributed by atoms with van der Waals surface area (Å²) in [6.07, 6.45) is 3.46. The van der Waals surface area contributed by atoms with Crippen LogP contribution in [0, 0.1) is 11.7 Å². The van der Waals surface area contributed by atoms with Gasteiger partial charge >= 0.3 is 0 Å². The van der Waals surface area contributed by atoms with Gasteiger partial charge in [0.15, 0.2) is 5.96 Å². The quantitative estimate of drug-likeness (QED) is 0.208. The molecule has 2 rings (SSSR count). The van der Waals surface area contributed by atoms with Crippen molar-refractivity contribution in [2.45, 2.75) is 32.6 Å². The molecule has 1 aliphatic heterocycles. The molecule has 1 atom stereocenters. The van der Waals surface area contributed by atoms with E-state index in [2.05, 4.69) is 20.5 Å². The van der Waals surface area contributed by atoms with E-state index in [0.717, 1.165) is 51.4 Å². The van der Waals surface area contributed by atoms with E-state index in [-0.39, 0.29) is 41.6 Å². The lowest BCUT2D eigenvalue weighted by atomic mass is 9.97. The van der Waals surface area contributed by atoms with Crippen LogP contribution in [-0.4, -0.2) is 56.0 Å². The maximum atomic E-state index is 13.7. The topological polar surface area (TPSA) is 82.8 Å². The third-order valence-electron chi connectivity index (χ3n) is 4.80. The second kappa shape index (κ2) is 13.7. The van der Waals surface area contributed by atoms with E-state index in [9.17, 15) is 9.18 Å². The minimum atomic E-state index is -0.189. The number of halogens is 2. The Balaban J connectivity index is 0.00000392. The monoisotopic (exact) mass is 505 g/mol. The van der Waals surface area contributed by atoms with Gasteiger partial charge in [-0.3, -0.25) is 9.79 Å². The number of nitrogens with one attached hydrogen (secondary N) is 2. The Morgan fingerprint density at radius 3 is 2.86 bits per heavy atom. The largest absolute Gasteiger partial charge is 0.369 e. The first-order chi connectivity index (χ1) is 13.1. The van der Waals surface area contributed by atoms with Crippen molar-refractivity contribution in [1.29, 1.82) is 0 Å². The zero-order chi connectivity index (χ0) is 19.5. The second-order valence-electron chi connectivity index (χ2n) is 6.92. The van der Waals surface area contributed by atoms with Crippen molar-refractivity contribution in [3.8, 4) is 0 Å². The summed E-state index contributed by atoms with van der Waals surface area (Å²) in [7, 11) is 0. The molecule has 1 amide bonds. The molecule has 1 saturated heterocycles. The highest BCUT2D eigenvalue weighted by atomic mass is 127. The minimum Gasteiger partial charge on any atom is -0.369 e. The molecule has 0 radical (unpaired) electrons. The van der Waals surface area contributed by atoms with Gasteiger partial charge in [0.2, 0.25) is 5.91 Å². The Morgan fingerprint density at radius 1 is 1.36 bits per heavy atom. The Hall–Kier alpha value is -1.42. The van der Waals surface area contributed by atoms with Crippen LogP contribution in [0.2, 0.25) is 0 Å². The number of aliphatic imine (C=N–C) groups is 1. The number of hydrogen-bond acceptors (Lipinski definition) is 3. The molecule has 28 heavy (non-hydrogen) atoms. The number of hydrogen-bond donors (Lipinski definition) is 3. The van der Waals surface area contributed by atoms with E-state index in [4.69, 9.17) is 5.73 Å². The summed E-state index contributed by atoms with van der Waals surface area (Å²) >= 11 is 0. The van der Waals surface area contributed by atoms with Crippen LogP contribution in [0.5, 0.6) is 0 Å². The lowest BCUT2D eigenvalue weighted by Gasteiger charge is -2.30. The highest BCUT2D eigenvalue weighted by Gasteiger charge is 2.23. The van der Waals surface area contributed by atoms with Gasteiger partial charge in [0.1, 0.15) is 5.82 Å². The Kier molecular flexibility index (Phi) is 12.1. The van der Waals surface area contributed by atoms with E-state index < -0.39 is 0 Å². The van der Waals surface area contributed by atoms with Crippen LogP contribution in [0.15, 0.2) is 29.3 Å². The molecule has 158 valence electrons.